The molecule has 0 saturated carbocycles. The molecule has 7 heteroatoms. The number of rotatable bonds is 6. The minimum absolute atomic E-state index is 0.0625. The highest BCUT2D eigenvalue weighted by Gasteiger charge is 2.39. The topological polar surface area (TPSA) is 74.8 Å². The molecule has 0 atom stereocenters. The molecule has 124 valence electrons. The maximum Gasteiger partial charge on any atom is 0.229 e. The van der Waals surface area contributed by atoms with Crippen molar-refractivity contribution in [1.29, 1.82) is 0 Å². The number of hydrogen-bond acceptors (Lipinski definition) is 4. The molecule has 0 spiro atoms. The van der Waals surface area contributed by atoms with E-state index in [1.807, 2.05) is 30.3 Å². The second kappa shape index (κ2) is 6.41. The Balaban J connectivity index is 1.48. The van der Waals surface area contributed by atoms with Crippen LogP contribution in [0.2, 0.25) is 0 Å². The molecule has 1 aromatic rings. The number of imide groups is 1. The highest BCUT2D eigenvalue weighted by Crippen LogP contribution is 2.24. The Morgan fingerprint density at radius 3 is 2.22 bits per heavy atom. The maximum atomic E-state index is 12.3. The van der Waals surface area contributed by atoms with E-state index in [1.54, 1.807) is 0 Å². The van der Waals surface area contributed by atoms with Gasteiger partial charge in [-0.2, -0.15) is 0 Å². The third-order valence-corrected chi connectivity index (χ3v) is 6.21. The van der Waals surface area contributed by atoms with Crippen molar-refractivity contribution in [3.8, 4) is 0 Å². The second-order valence-electron chi connectivity index (χ2n) is 6.13. The lowest BCUT2D eigenvalue weighted by molar-refractivity contribution is -0.139. The maximum absolute atomic E-state index is 12.3. The molecule has 0 aliphatic carbocycles. The smallest absolute Gasteiger partial charge is 0.229 e. The molecule has 23 heavy (non-hydrogen) atoms. The van der Waals surface area contributed by atoms with Gasteiger partial charge in [0.25, 0.3) is 0 Å². The highest BCUT2D eigenvalue weighted by atomic mass is 32.2. The zero-order chi connectivity index (χ0) is 16.4. The van der Waals surface area contributed by atoms with Gasteiger partial charge in [-0.05, 0) is 12.0 Å². The van der Waals surface area contributed by atoms with Crippen LogP contribution in [0.3, 0.4) is 0 Å². The monoisotopic (exact) mass is 336 g/mol. The fraction of sp³-hybridized carbons (Fsp3) is 0.500. The molecule has 6 nitrogen and oxygen atoms in total. The number of amides is 2. The Kier molecular flexibility index (Phi) is 4.50. The highest BCUT2D eigenvalue weighted by molar-refractivity contribution is 7.89. The summed E-state index contributed by atoms with van der Waals surface area (Å²) in [6.07, 6.45) is 1.06. The van der Waals surface area contributed by atoms with Crippen molar-refractivity contribution in [2.24, 2.45) is 5.92 Å². The van der Waals surface area contributed by atoms with Gasteiger partial charge < -0.3 is 0 Å². The number of carbonyl (C=O) groups excluding carboxylic acids is 2. The van der Waals surface area contributed by atoms with Crippen molar-refractivity contribution in [1.82, 2.24) is 9.21 Å². The van der Waals surface area contributed by atoms with Gasteiger partial charge in [0.15, 0.2) is 0 Å². The van der Waals surface area contributed by atoms with E-state index in [0.717, 1.165) is 5.56 Å². The molecule has 2 fully saturated rings. The molecule has 2 aliphatic heterocycles. The number of sulfonamides is 1. The first kappa shape index (κ1) is 16.1. The predicted molar refractivity (Wildman–Crippen MR) is 84.9 cm³/mol. The van der Waals surface area contributed by atoms with Crippen molar-refractivity contribution in [3.63, 3.8) is 0 Å². The van der Waals surface area contributed by atoms with Gasteiger partial charge in [-0.15, -0.1) is 0 Å². The zero-order valence-corrected chi connectivity index (χ0v) is 13.7. The fourth-order valence-corrected chi connectivity index (χ4v) is 4.60. The summed E-state index contributed by atoms with van der Waals surface area (Å²) >= 11 is 0. The van der Waals surface area contributed by atoms with Crippen molar-refractivity contribution >= 4 is 21.8 Å². The van der Waals surface area contributed by atoms with Gasteiger partial charge in [0, 0.05) is 38.4 Å². The number of aryl methyl sites for hydroxylation is 1. The molecule has 3 rings (SSSR count). The Hall–Kier alpha value is -1.73. The molecular weight excluding hydrogens is 316 g/mol. The minimum atomic E-state index is -3.27. The Bertz CT molecular complexity index is 680. The lowest BCUT2D eigenvalue weighted by Gasteiger charge is -2.39. The van der Waals surface area contributed by atoms with Crippen LogP contribution in [0, 0.1) is 5.92 Å². The molecule has 2 heterocycles. The Morgan fingerprint density at radius 2 is 1.61 bits per heavy atom. The first-order valence-electron chi connectivity index (χ1n) is 7.80. The molecule has 0 bridgehead atoms. The molecule has 2 aliphatic rings. The van der Waals surface area contributed by atoms with Crippen LogP contribution in [-0.2, 0) is 26.0 Å². The quantitative estimate of drug-likeness (QED) is 0.715. The van der Waals surface area contributed by atoms with Gasteiger partial charge in [0.2, 0.25) is 21.8 Å². The van der Waals surface area contributed by atoms with Gasteiger partial charge in [0.1, 0.15) is 0 Å². The van der Waals surface area contributed by atoms with Gasteiger partial charge in [-0.1, -0.05) is 30.3 Å². The van der Waals surface area contributed by atoms with Crippen LogP contribution in [0.5, 0.6) is 0 Å². The van der Waals surface area contributed by atoms with Crippen molar-refractivity contribution < 1.29 is 18.0 Å². The summed E-state index contributed by atoms with van der Waals surface area (Å²) in [5, 5.41) is 0. The molecule has 0 aromatic heterocycles. The van der Waals surface area contributed by atoms with Crippen LogP contribution in [0.4, 0.5) is 0 Å². The van der Waals surface area contributed by atoms with E-state index in [1.165, 1.54) is 9.21 Å². The van der Waals surface area contributed by atoms with Crippen molar-refractivity contribution in [2.75, 3.05) is 25.4 Å². The summed E-state index contributed by atoms with van der Waals surface area (Å²) in [6.45, 7) is 1.14. The molecule has 2 amide bonds. The second-order valence-corrected chi connectivity index (χ2v) is 8.22. The summed E-state index contributed by atoms with van der Waals surface area (Å²) < 4.78 is 26.0. The van der Waals surface area contributed by atoms with Crippen molar-refractivity contribution in [2.45, 2.75) is 19.3 Å². The average Bonchev–Trinajstić information content (AvgIpc) is 2.80. The number of likely N-dealkylation sites (tertiary alicyclic amines) is 1. The van der Waals surface area contributed by atoms with E-state index in [4.69, 9.17) is 0 Å². The number of carbonyl (C=O) groups is 2. The SMILES string of the molecule is O=C1CCC(=O)N1CC1CN(S(=O)(=O)CCc2ccccc2)C1. The van der Waals surface area contributed by atoms with E-state index >= 15 is 0 Å². The average molecular weight is 336 g/mol. The molecule has 2 saturated heterocycles. The van der Waals surface area contributed by atoms with Crippen LogP contribution in [0.25, 0.3) is 0 Å². The molecular formula is C16H20N2O4S. The molecule has 0 unspecified atom stereocenters. The van der Waals surface area contributed by atoms with E-state index in [0.29, 0.717) is 26.1 Å². The van der Waals surface area contributed by atoms with Crippen LogP contribution < -0.4 is 0 Å². The van der Waals surface area contributed by atoms with E-state index in [-0.39, 0.29) is 36.3 Å². The normalized spacial score (nSPS) is 20.1. The van der Waals surface area contributed by atoms with E-state index in [9.17, 15) is 18.0 Å². The molecule has 0 radical (unpaired) electrons. The Morgan fingerprint density at radius 1 is 1.00 bits per heavy atom. The van der Waals surface area contributed by atoms with Crippen LogP contribution in [0.1, 0.15) is 18.4 Å². The number of nitrogens with zero attached hydrogens (tertiary/aromatic N) is 2. The Labute approximate surface area is 136 Å². The predicted octanol–water partition coefficient (Wildman–Crippen LogP) is 0.640. The van der Waals surface area contributed by atoms with Gasteiger partial charge in [0.05, 0.1) is 5.75 Å². The zero-order valence-electron chi connectivity index (χ0n) is 12.8. The minimum Gasteiger partial charge on any atom is -0.282 e. The van der Waals surface area contributed by atoms with E-state index in [2.05, 4.69) is 0 Å². The lowest BCUT2D eigenvalue weighted by Crippen LogP contribution is -2.55. The van der Waals surface area contributed by atoms with Gasteiger partial charge >= 0.3 is 0 Å². The van der Waals surface area contributed by atoms with Gasteiger partial charge in [-0.25, -0.2) is 12.7 Å². The third kappa shape index (κ3) is 3.61. The van der Waals surface area contributed by atoms with Crippen LogP contribution in [-0.4, -0.2) is 54.8 Å². The third-order valence-electron chi connectivity index (χ3n) is 4.40. The summed E-state index contributed by atoms with van der Waals surface area (Å²) in [5.41, 5.74) is 1.00. The fourth-order valence-electron chi connectivity index (χ4n) is 2.97. The summed E-state index contributed by atoms with van der Waals surface area (Å²) in [4.78, 5) is 24.4. The summed E-state index contributed by atoms with van der Waals surface area (Å²) in [6, 6.07) is 9.52. The molecule has 0 N–H and O–H groups in total. The van der Waals surface area contributed by atoms with Crippen molar-refractivity contribution in [3.05, 3.63) is 35.9 Å². The standard InChI is InChI=1S/C16H20N2O4S/c19-15-6-7-16(20)18(15)12-14-10-17(11-14)23(21,22)9-8-13-4-2-1-3-5-13/h1-5,14H,6-12H2. The van der Waals surface area contributed by atoms with Crippen LogP contribution >= 0.6 is 0 Å². The first-order valence-corrected chi connectivity index (χ1v) is 9.41. The first-order chi connectivity index (χ1) is 11.0. The van der Waals surface area contributed by atoms with Crippen LogP contribution in [0.15, 0.2) is 30.3 Å². The van der Waals surface area contributed by atoms with E-state index < -0.39 is 10.0 Å². The largest absolute Gasteiger partial charge is 0.282 e. The number of benzene rings is 1. The molecule has 1 aromatic carbocycles. The number of hydrogen-bond donors (Lipinski definition) is 0. The van der Waals surface area contributed by atoms with Gasteiger partial charge in [-0.3, -0.25) is 14.5 Å². The summed E-state index contributed by atoms with van der Waals surface area (Å²) in [7, 11) is -3.27. The summed E-state index contributed by atoms with van der Waals surface area (Å²) in [5.74, 6) is -0.126. The lowest BCUT2D eigenvalue weighted by atomic mass is 10.0.